The predicted molar refractivity (Wildman–Crippen MR) is 61.5 cm³/mol. The number of ether oxygens (including phenoxy) is 1. The molecule has 0 bridgehead atoms. The van der Waals surface area contributed by atoms with Crippen molar-refractivity contribution in [3.8, 4) is 5.75 Å². The van der Waals surface area contributed by atoms with E-state index in [4.69, 9.17) is 16.3 Å². The molecule has 1 unspecified atom stereocenters. The van der Waals surface area contributed by atoms with Crippen molar-refractivity contribution in [3.63, 3.8) is 0 Å². The number of amides is 1. The van der Waals surface area contributed by atoms with Crippen molar-refractivity contribution in [2.24, 2.45) is 5.92 Å². The lowest BCUT2D eigenvalue weighted by molar-refractivity contribution is -0.118. The predicted octanol–water partition coefficient (Wildman–Crippen LogP) is 2.65. The van der Waals surface area contributed by atoms with Crippen LogP contribution in [-0.4, -0.2) is 18.9 Å². The fraction of sp³-hybridized carbons (Fsp3) is 0.364. The van der Waals surface area contributed by atoms with Crippen molar-refractivity contribution in [2.45, 2.75) is 6.92 Å². The van der Waals surface area contributed by atoms with Crippen LogP contribution in [0, 0.1) is 11.7 Å². The molecule has 0 spiro atoms. The van der Waals surface area contributed by atoms with Crippen LogP contribution in [0.4, 0.5) is 10.1 Å². The lowest BCUT2D eigenvalue weighted by atomic mass is 10.2. The van der Waals surface area contributed by atoms with E-state index in [1.54, 1.807) is 6.92 Å². The third kappa shape index (κ3) is 3.10. The van der Waals surface area contributed by atoms with Gasteiger partial charge in [-0.2, -0.15) is 0 Å². The highest BCUT2D eigenvalue weighted by atomic mass is 35.5. The number of anilines is 1. The number of halogens is 2. The van der Waals surface area contributed by atoms with E-state index < -0.39 is 5.82 Å². The molecule has 88 valence electrons. The molecule has 1 atom stereocenters. The third-order valence-electron chi connectivity index (χ3n) is 2.10. The number of nitrogens with one attached hydrogen (secondary N) is 1. The maximum atomic E-state index is 13.1. The van der Waals surface area contributed by atoms with Crippen LogP contribution in [0.5, 0.6) is 5.75 Å². The monoisotopic (exact) mass is 245 g/mol. The molecular formula is C11H13ClFNO2. The lowest BCUT2D eigenvalue weighted by Gasteiger charge is -2.10. The Bertz CT molecular complexity index is 384. The number of carbonyl (C=O) groups is 1. The van der Waals surface area contributed by atoms with Gasteiger partial charge in [-0.25, -0.2) is 4.39 Å². The van der Waals surface area contributed by atoms with Crippen LogP contribution in [0.2, 0.25) is 0 Å². The first kappa shape index (κ1) is 12.8. The Morgan fingerprint density at radius 2 is 2.31 bits per heavy atom. The topological polar surface area (TPSA) is 38.3 Å². The van der Waals surface area contributed by atoms with Crippen LogP contribution in [-0.2, 0) is 4.79 Å². The zero-order chi connectivity index (χ0) is 12.1. The summed E-state index contributed by atoms with van der Waals surface area (Å²) in [5, 5.41) is 2.62. The van der Waals surface area contributed by atoms with Gasteiger partial charge in [0.1, 0.15) is 0 Å². The van der Waals surface area contributed by atoms with Gasteiger partial charge in [0.05, 0.1) is 7.11 Å². The van der Waals surface area contributed by atoms with E-state index in [1.165, 1.54) is 25.3 Å². The zero-order valence-corrected chi connectivity index (χ0v) is 9.84. The molecule has 1 N–H and O–H groups in total. The van der Waals surface area contributed by atoms with Gasteiger partial charge in [-0.3, -0.25) is 4.79 Å². The smallest absolute Gasteiger partial charge is 0.228 e. The van der Waals surface area contributed by atoms with Crippen molar-refractivity contribution in [3.05, 3.63) is 24.0 Å². The van der Waals surface area contributed by atoms with E-state index in [0.29, 0.717) is 5.69 Å². The highest BCUT2D eigenvalue weighted by Crippen LogP contribution is 2.21. The normalized spacial score (nSPS) is 12.0. The van der Waals surface area contributed by atoms with Crippen LogP contribution in [0.1, 0.15) is 6.92 Å². The largest absolute Gasteiger partial charge is 0.494 e. The average Bonchev–Trinajstić information content (AvgIpc) is 2.30. The van der Waals surface area contributed by atoms with Crippen molar-refractivity contribution in [1.82, 2.24) is 0 Å². The van der Waals surface area contributed by atoms with Gasteiger partial charge in [0.15, 0.2) is 11.6 Å². The average molecular weight is 246 g/mol. The van der Waals surface area contributed by atoms with Gasteiger partial charge < -0.3 is 10.1 Å². The lowest BCUT2D eigenvalue weighted by Crippen LogP contribution is -2.21. The molecule has 5 heteroatoms. The summed E-state index contributed by atoms with van der Waals surface area (Å²) in [6.45, 7) is 1.71. The third-order valence-corrected chi connectivity index (χ3v) is 2.56. The summed E-state index contributed by atoms with van der Waals surface area (Å²) in [6.07, 6.45) is 0. The summed E-state index contributed by atoms with van der Waals surface area (Å²) in [7, 11) is 1.37. The number of benzene rings is 1. The molecule has 0 radical (unpaired) electrons. The maximum Gasteiger partial charge on any atom is 0.228 e. The van der Waals surface area contributed by atoms with Gasteiger partial charge in [-0.15, -0.1) is 11.6 Å². The fourth-order valence-corrected chi connectivity index (χ4v) is 1.21. The molecule has 0 heterocycles. The van der Waals surface area contributed by atoms with E-state index in [1.807, 2.05) is 0 Å². The van der Waals surface area contributed by atoms with Crippen molar-refractivity contribution in [2.75, 3.05) is 18.3 Å². The van der Waals surface area contributed by atoms with E-state index in [9.17, 15) is 9.18 Å². The summed E-state index contributed by atoms with van der Waals surface area (Å²) >= 11 is 5.55. The molecule has 0 aromatic heterocycles. The minimum atomic E-state index is -0.467. The molecular weight excluding hydrogens is 233 g/mol. The first-order valence-corrected chi connectivity index (χ1v) is 5.32. The maximum absolute atomic E-state index is 13.1. The van der Waals surface area contributed by atoms with E-state index >= 15 is 0 Å². The van der Waals surface area contributed by atoms with Crippen LogP contribution >= 0.6 is 11.6 Å². The van der Waals surface area contributed by atoms with Gasteiger partial charge in [0.2, 0.25) is 5.91 Å². The summed E-state index contributed by atoms with van der Waals surface area (Å²) in [6, 6.07) is 4.13. The molecule has 1 aromatic rings. The van der Waals surface area contributed by atoms with Crippen LogP contribution in [0.15, 0.2) is 18.2 Å². The highest BCUT2D eigenvalue weighted by molar-refractivity contribution is 6.19. The van der Waals surface area contributed by atoms with Gasteiger partial charge in [0.25, 0.3) is 0 Å². The standard InChI is InChI=1S/C11H13ClFNO2/c1-7(6-12)11(15)14-8-3-4-9(13)10(5-8)16-2/h3-5,7H,6H2,1-2H3,(H,14,15). The van der Waals surface area contributed by atoms with Crippen LogP contribution in [0.3, 0.4) is 0 Å². The number of hydrogen-bond acceptors (Lipinski definition) is 2. The summed E-state index contributed by atoms with van der Waals surface area (Å²) in [4.78, 5) is 11.5. The number of carbonyl (C=O) groups excluding carboxylic acids is 1. The van der Waals surface area contributed by atoms with Crippen LogP contribution < -0.4 is 10.1 Å². The Hall–Kier alpha value is -1.29. The Kier molecular flexibility index (Phi) is 4.55. The molecule has 0 saturated heterocycles. The van der Waals surface area contributed by atoms with Gasteiger partial charge in [-0.1, -0.05) is 6.92 Å². The highest BCUT2D eigenvalue weighted by Gasteiger charge is 2.12. The first-order valence-electron chi connectivity index (χ1n) is 4.79. The van der Waals surface area contributed by atoms with Crippen LogP contribution in [0.25, 0.3) is 0 Å². The summed E-state index contributed by atoms with van der Waals surface area (Å²) < 4.78 is 17.9. The molecule has 1 amide bonds. The number of hydrogen-bond donors (Lipinski definition) is 1. The Labute approximate surface area is 98.5 Å². The second kappa shape index (κ2) is 5.70. The summed E-state index contributed by atoms with van der Waals surface area (Å²) in [5.41, 5.74) is 0.486. The Balaban J connectivity index is 2.78. The minimum absolute atomic E-state index is 0.0938. The molecule has 0 saturated carbocycles. The minimum Gasteiger partial charge on any atom is -0.494 e. The molecule has 0 aliphatic heterocycles. The summed E-state index contributed by atoms with van der Waals surface area (Å²) in [5.74, 6) is -0.631. The Morgan fingerprint density at radius 1 is 1.62 bits per heavy atom. The number of methoxy groups -OCH3 is 1. The number of rotatable bonds is 4. The van der Waals surface area contributed by atoms with Gasteiger partial charge in [-0.05, 0) is 12.1 Å². The molecule has 0 fully saturated rings. The van der Waals surface area contributed by atoms with Crippen molar-refractivity contribution < 1.29 is 13.9 Å². The molecule has 1 rings (SSSR count). The Morgan fingerprint density at radius 3 is 2.88 bits per heavy atom. The first-order chi connectivity index (χ1) is 7.58. The van der Waals surface area contributed by atoms with Crippen molar-refractivity contribution >= 4 is 23.2 Å². The quantitative estimate of drug-likeness (QED) is 0.829. The van der Waals surface area contributed by atoms with Gasteiger partial charge >= 0.3 is 0 Å². The SMILES string of the molecule is COc1cc(NC(=O)C(C)CCl)ccc1F. The molecule has 0 aliphatic rings. The molecule has 16 heavy (non-hydrogen) atoms. The van der Waals surface area contributed by atoms with E-state index in [-0.39, 0.29) is 23.5 Å². The van der Waals surface area contributed by atoms with Crippen molar-refractivity contribution in [1.29, 1.82) is 0 Å². The zero-order valence-electron chi connectivity index (χ0n) is 9.09. The number of alkyl halides is 1. The fourth-order valence-electron chi connectivity index (χ4n) is 1.07. The molecule has 0 aliphatic carbocycles. The van der Waals surface area contributed by atoms with Gasteiger partial charge in [0, 0.05) is 23.6 Å². The van der Waals surface area contributed by atoms with E-state index in [0.717, 1.165) is 0 Å². The molecule has 1 aromatic carbocycles. The second-order valence-corrected chi connectivity index (χ2v) is 3.70. The van der Waals surface area contributed by atoms with E-state index in [2.05, 4.69) is 5.32 Å². The molecule has 3 nitrogen and oxygen atoms in total. The second-order valence-electron chi connectivity index (χ2n) is 3.39.